The van der Waals surface area contributed by atoms with E-state index in [1.54, 1.807) is 0 Å². The van der Waals surface area contributed by atoms with Crippen molar-refractivity contribution in [1.82, 2.24) is 5.32 Å². The summed E-state index contributed by atoms with van der Waals surface area (Å²) in [5, 5.41) is 12.0. The number of hydrogen-bond donors (Lipinski definition) is 3. The number of amides is 1. The third-order valence-corrected chi connectivity index (χ3v) is 11.0. The number of aliphatic carboxylic acids is 1. The quantitative estimate of drug-likeness (QED) is 0.431. The summed E-state index contributed by atoms with van der Waals surface area (Å²) in [6.07, 6.45) is 0.0332. The molecule has 154 valence electrons. The molecule has 0 spiro atoms. The second-order valence-corrected chi connectivity index (χ2v) is 14.0. The van der Waals surface area contributed by atoms with Gasteiger partial charge in [0.1, 0.15) is 0 Å². The Kier molecular flexibility index (Phi) is 5.81. The van der Waals surface area contributed by atoms with E-state index in [2.05, 4.69) is 5.32 Å². The second kappa shape index (κ2) is 7.18. The van der Waals surface area contributed by atoms with Crippen molar-refractivity contribution in [2.45, 2.75) is 63.4 Å². The molecular weight excluding hydrogens is 368 g/mol. The van der Waals surface area contributed by atoms with E-state index >= 15 is 0 Å². The normalized spacial score (nSPS) is 31.0. The monoisotopic (exact) mass is 400 g/mol. The van der Waals surface area contributed by atoms with E-state index in [-0.39, 0.29) is 35.3 Å². The largest absolute Gasteiger partial charge is 0.479 e. The van der Waals surface area contributed by atoms with Gasteiger partial charge in [-0.3, -0.25) is 9.59 Å². The number of esters is 1. The SMILES string of the molecule is COC(=O)[C@H]1[C@@H]2CC[C@@](N)(C(=O)NCC(O[Si](C)(C)C(C)(C)C)C(=O)O)[C@@H]21. The zero-order chi connectivity index (χ0) is 20.8. The van der Waals surface area contributed by atoms with Crippen LogP contribution in [0.2, 0.25) is 18.1 Å². The van der Waals surface area contributed by atoms with Gasteiger partial charge in [-0.2, -0.15) is 0 Å². The van der Waals surface area contributed by atoms with E-state index in [9.17, 15) is 19.5 Å². The highest BCUT2D eigenvalue weighted by Crippen LogP contribution is 2.61. The zero-order valence-electron chi connectivity index (χ0n) is 17.0. The maximum absolute atomic E-state index is 12.7. The van der Waals surface area contributed by atoms with Gasteiger partial charge in [-0.05, 0) is 36.9 Å². The number of carboxylic acid groups (broad SMARTS) is 1. The van der Waals surface area contributed by atoms with Crippen molar-refractivity contribution in [2.24, 2.45) is 23.5 Å². The number of fused-ring (bicyclic) bond motifs is 1. The Balaban J connectivity index is 2.01. The van der Waals surface area contributed by atoms with E-state index in [4.69, 9.17) is 14.9 Å². The second-order valence-electron chi connectivity index (χ2n) is 9.23. The molecule has 5 atom stereocenters. The van der Waals surface area contributed by atoms with Gasteiger partial charge in [0.05, 0.1) is 25.1 Å². The minimum atomic E-state index is -2.31. The Bertz CT molecular complexity index is 632. The van der Waals surface area contributed by atoms with Crippen LogP contribution in [0.1, 0.15) is 33.6 Å². The third-order valence-electron chi connectivity index (χ3n) is 6.52. The lowest BCUT2D eigenvalue weighted by molar-refractivity contribution is -0.145. The summed E-state index contributed by atoms with van der Waals surface area (Å²) in [5.41, 5.74) is 5.17. The van der Waals surface area contributed by atoms with E-state index < -0.39 is 31.8 Å². The molecule has 0 aromatic rings. The summed E-state index contributed by atoms with van der Waals surface area (Å²) in [5.74, 6) is -2.38. The van der Waals surface area contributed by atoms with Crippen LogP contribution in [-0.2, 0) is 23.5 Å². The summed E-state index contributed by atoms with van der Waals surface area (Å²) in [6.45, 7) is 9.82. The van der Waals surface area contributed by atoms with Crippen LogP contribution in [0, 0.1) is 17.8 Å². The van der Waals surface area contributed by atoms with Gasteiger partial charge in [-0.25, -0.2) is 4.79 Å². The minimum absolute atomic E-state index is 0.0759. The van der Waals surface area contributed by atoms with Crippen molar-refractivity contribution in [1.29, 1.82) is 0 Å². The van der Waals surface area contributed by atoms with E-state index in [0.717, 1.165) is 0 Å². The highest BCUT2D eigenvalue weighted by atomic mass is 28.4. The fourth-order valence-electron chi connectivity index (χ4n) is 3.79. The van der Waals surface area contributed by atoms with Crippen molar-refractivity contribution < 1.29 is 28.7 Å². The predicted molar refractivity (Wildman–Crippen MR) is 101 cm³/mol. The molecule has 2 fully saturated rings. The lowest BCUT2D eigenvalue weighted by atomic mass is 9.90. The summed E-state index contributed by atoms with van der Waals surface area (Å²) < 4.78 is 10.7. The fraction of sp³-hybridized carbons (Fsp3) is 0.833. The van der Waals surface area contributed by atoms with Gasteiger partial charge in [0.15, 0.2) is 14.4 Å². The van der Waals surface area contributed by atoms with Gasteiger partial charge in [0.2, 0.25) is 5.91 Å². The molecular formula is C18H32N2O6Si. The number of ether oxygens (including phenoxy) is 1. The van der Waals surface area contributed by atoms with Crippen LogP contribution in [0.5, 0.6) is 0 Å². The highest BCUT2D eigenvalue weighted by Gasteiger charge is 2.69. The average Bonchev–Trinajstić information content (AvgIpc) is 3.19. The summed E-state index contributed by atoms with van der Waals surface area (Å²) >= 11 is 0. The summed E-state index contributed by atoms with van der Waals surface area (Å²) in [7, 11) is -0.990. The van der Waals surface area contributed by atoms with Gasteiger partial charge in [0.25, 0.3) is 0 Å². The molecule has 1 unspecified atom stereocenters. The fourth-order valence-corrected chi connectivity index (χ4v) is 5.04. The number of carbonyl (C=O) groups is 3. The van der Waals surface area contributed by atoms with E-state index in [0.29, 0.717) is 12.8 Å². The minimum Gasteiger partial charge on any atom is -0.479 e. The van der Waals surface area contributed by atoms with Crippen molar-refractivity contribution in [3.05, 3.63) is 0 Å². The lowest BCUT2D eigenvalue weighted by Crippen LogP contribution is -2.57. The molecule has 8 nitrogen and oxygen atoms in total. The van der Waals surface area contributed by atoms with Crippen LogP contribution in [0.25, 0.3) is 0 Å². The number of hydrogen-bond acceptors (Lipinski definition) is 6. The van der Waals surface area contributed by atoms with Gasteiger partial charge >= 0.3 is 11.9 Å². The van der Waals surface area contributed by atoms with Crippen LogP contribution >= 0.6 is 0 Å². The average molecular weight is 401 g/mol. The first-order valence-electron chi connectivity index (χ1n) is 9.32. The first kappa shape index (κ1) is 21.8. The van der Waals surface area contributed by atoms with Crippen molar-refractivity contribution in [2.75, 3.05) is 13.7 Å². The van der Waals surface area contributed by atoms with Gasteiger partial charge in [-0.1, -0.05) is 20.8 Å². The number of rotatable bonds is 7. The predicted octanol–water partition coefficient (Wildman–Crippen LogP) is 1.10. The number of nitrogens with one attached hydrogen (secondary N) is 1. The summed E-state index contributed by atoms with van der Waals surface area (Å²) in [6, 6.07) is 0. The standard InChI is InChI=1S/C18H32N2O6Si/c1-17(2,3)27(5,6)26-11(14(21)22)9-20-16(24)18(19)8-7-10-12(13(10)18)15(23)25-4/h10-13H,7-9,19H2,1-6H3,(H,20,24)(H,21,22)/t10-,11?,12-,13-,18-/m0/s1. The Morgan fingerprint density at radius 1 is 1.33 bits per heavy atom. The molecule has 0 saturated heterocycles. The molecule has 0 heterocycles. The maximum Gasteiger partial charge on any atom is 0.333 e. The van der Waals surface area contributed by atoms with Gasteiger partial charge < -0.3 is 25.3 Å². The molecule has 2 aliphatic carbocycles. The highest BCUT2D eigenvalue weighted by molar-refractivity contribution is 6.74. The van der Waals surface area contributed by atoms with Crippen LogP contribution in [0.3, 0.4) is 0 Å². The first-order chi connectivity index (χ1) is 12.3. The number of methoxy groups -OCH3 is 1. The Labute approximate surface area is 161 Å². The third kappa shape index (κ3) is 4.04. The molecule has 0 aromatic heterocycles. The van der Waals surface area contributed by atoms with Crippen molar-refractivity contribution in [3.63, 3.8) is 0 Å². The Morgan fingerprint density at radius 3 is 2.41 bits per heavy atom. The molecule has 2 saturated carbocycles. The number of nitrogens with two attached hydrogens (primary N) is 1. The van der Waals surface area contributed by atoms with Crippen LogP contribution in [0.4, 0.5) is 0 Å². The molecule has 0 aromatic carbocycles. The summed E-state index contributed by atoms with van der Waals surface area (Å²) in [4.78, 5) is 36.2. The molecule has 2 aliphatic rings. The Hall–Kier alpha value is -1.45. The van der Waals surface area contributed by atoms with Crippen molar-refractivity contribution in [3.8, 4) is 0 Å². The molecule has 9 heteroatoms. The molecule has 0 aliphatic heterocycles. The van der Waals surface area contributed by atoms with Gasteiger partial charge in [-0.15, -0.1) is 0 Å². The molecule has 0 bridgehead atoms. The van der Waals surface area contributed by atoms with E-state index in [1.165, 1.54) is 7.11 Å². The van der Waals surface area contributed by atoms with Crippen molar-refractivity contribution >= 4 is 26.2 Å². The molecule has 27 heavy (non-hydrogen) atoms. The number of carboxylic acids is 1. The molecule has 4 N–H and O–H groups in total. The van der Waals surface area contributed by atoms with E-state index in [1.807, 2.05) is 33.9 Å². The molecule has 0 radical (unpaired) electrons. The molecule has 2 rings (SSSR count). The first-order valence-corrected chi connectivity index (χ1v) is 12.2. The van der Waals surface area contributed by atoms with Crippen LogP contribution in [-0.4, -0.2) is 56.6 Å². The number of carbonyl (C=O) groups excluding carboxylic acids is 2. The maximum atomic E-state index is 12.7. The van der Waals surface area contributed by atoms with Crippen LogP contribution < -0.4 is 11.1 Å². The van der Waals surface area contributed by atoms with Crippen LogP contribution in [0.15, 0.2) is 0 Å². The smallest absolute Gasteiger partial charge is 0.333 e. The zero-order valence-corrected chi connectivity index (χ0v) is 18.0. The lowest BCUT2D eigenvalue weighted by Gasteiger charge is -2.38. The Morgan fingerprint density at radius 2 is 1.93 bits per heavy atom. The molecule has 1 amide bonds. The topological polar surface area (TPSA) is 128 Å². The van der Waals surface area contributed by atoms with Gasteiger partial charge in [0, 0.05) is 5.92 Å².